The number of carbonyl (C=O) groups is 1. The maximum atomic E-state index is 11.8. The number of aromatic nitrogens is 2. The predicted molar refractivity (Wildman–Crippen MR) is 60.1 cm³/mol. The molecule has 1 saturated heterocycles. The molecule has 1 aliphatic heterocycles. The molecule has 1 aromatic rings. The predicted octanol–water partition coefficient (Wildman–Crippen LogP) is 0.611. The second kappa shape index (κ2) is 4.88. The Bertz CT molecular complexity index is 452. The smallest absolute Gasteiger partial charge is 0.268 e. The quantitative estimate of drug-likeness (QED) is 0.817. The fourth-order valence-corrected chi connectivity index (χ4v) is 1.97. The molecule has 0 aliphatic carbocycles. The van der Waals surface area contributed by atoms with Crippen LogP contribution in [0.1, 0.15) is 6.42 Å². The van der Waals surface area contributed by atoms with Gasteiger partial charge in [-0.2, -0.15) is 0 Å². The monoisotopic (exact) mass is 286 g/mol. The lowest BCUT2D eigenvalue weighted by molar-refractivity contribution is -0.123. The van der Waals surface area contributed by atoms with Crippen molar-refractivity contribution in [1.29, 1.82) is 0 Å². The molecule has 5 nitrogen and oxygen atoms in total. The first-order valence-corrected chi connectivity index (χ1v) is 5.78. The van der Waals surface area contributed by atoms with Crippen molar-refractivity contribution in [3.8, 4) is 0 Å². The summed E-state index contributed by atoms with van der Waals surface area (Å²) < 4.78 is 6.81. The van der Waals surface area contributed by atoms with Gasteiger partial charge < -0.3 is 4.74 Å². The summed E-state index contributed by atoms with van der Waals surface area (Å²) in [5, 5.41) is 0. The number of hydrogen-bond donors (Lipinski definition) is 0. The first-order valence-electron chi connectivity index (χ1n) is 4.99. The van der Waals surface area contributed by atoms with Crippen molar-refractivity contribution in [2.75, 3.05) is 13.2 Å². The second-order valence-corrected chi connectivity index (χ2v) is 4.56. The summed E-state index contributed by atoms with van der Waals surface area (Å²) in [5.74, 6) is -0.0506. The van der Waals surface area contributed by atoms with Crippen LogP contribution in [0.3, 0.4) is 0 Å². The third kappa shape index (κ3) is 2.38. The molecular formula is C10H11BrN2O3. The Hall–Kier alpha value is -1.01. The van der Waals surface area contributed by atoms with Gasteiger partial charge in [-0.1, -0.05) is 0 Å². The van der Waals surface area contributed by atoms with E-state index in [0.29, 0.717) is 17.7 Å². The molecule has 0 bridgehead atoms. The maximum Gasteiger partial charge on any atom is 0.268 e. The average molecular weight is 287 g/mol. The van der Waals surface area contributed by atoms with E-state index in [0.717, 1.165) is 6.42 Å². The molecule has 1 unspecified atom stereocenters. The lowest BCUT2D eigenvalue weighted by Crippen LogP contribution is -2.28. The van der Waals surface area contributed by atoms with Crippen molar-refractivity contribution in [3.63, 3.8) is 0 Å². The Labute approximate surface area is 101 Å². The van der Waals surface area contributed by atoms with Crippen LogP contribution in [0.5, 0.6) is 0 Å². The van der Waals surface area contributed by atoms with Crippen molar-refractivity contribution in [1.82, 2.24) is 9.55 Å². The molecule has 1 fully saturated rings. The summed E-state index contributed by atoms with van der Waals surface area (Å²) in [7, 11) is 0. The molecule has 2 rings (SSSR count). The molecule has 0 aromatic carbocycles. The zero-order valence-corrected chi connectivity index (χ0v) is 10.1. The molecular weight excluding hydrogens is 276 g/mol. The highest BCUT2D eigenvalue weighted by molar-refractivity contribution is 9.10. The molecule has 1 aromatic heterocycles. The first kappa shape index (κ1) is 11.5. The van der Waals surface area contributed by atoms with Gasteiger partial charge in [-0.25, -0.2) is 4.98 Å². The minimum absolute atomic E-state index is 0.0273. The Morgan fingerprint density at radius 1 is 1.69 bits per heavy atom. The fourth-order valence-electron chi connectivity index (χ4n) is 1.62. The Kier molecular flexibility index (Phi) is 3.50. The summed E-state index contributed by atoms with van der Waals surface area (Å²) in [6.07, 6.45) is 3.54. The van der Waals surface area contributed by atoms with E-state index in [1.54, 1.807) is 0 Å². The Morgan fingerprint density at radius 2 is 2.50 bits per heavy atom. The van der Waals surface area contributed by atoms with E-state index >= 15 is 0 Å². The fraction of sp³-hybridized carbons (Fsp3) is 0.500. The molecule has 0 spiro atoms. The molecule has 6 heteroatoms. The summed E-state index contributed by atoms with van der Waals surface area (Å²) >= 11 is 3.09. The second-order valence-electron chi connectivity index (χ2n) is 3.70. The van der Waals surface area contributed by atoms with Crippen molar-refractivity contribution >= 4 is 21.7 Å². The molecule has 1 atom stereocenters. The van der Waals surface area contributed by atoms with Crippen molar-refractivity contribution < 1.29 is 9.53 Å². The first-order chi connectivity index (χ1) is 7.68. The van der Waals surface area contributed by atoms with E-state index in [9.17, 15) is 9.59 Å². The maximum absolute atomic E-state index is 11.8. The van der Waals surface area contributed by atoms with Gasteiger partial charge in [0.1, 0.15) is 4.47 Å². The van der Waals surface area contributed by atoms with Crippen LogP contribution in [-0.2, 0) is 16.1 Å². The third-order valence-corrected chi connectivity index (χ3v) is 3.11. The van der Waals surface area contributed by atoms with Gasteiger partial charge in [-0.3, -0.25) is 14.2 Å². The topological polar surface area (TPSA) is 61.2 Å². The van der Waals surface area contributed by atoms with E-state index in [1.165, 1.54) is 17.1 Å². The van der Waals surface area contributed by atoms with Crippen molar-refractivity contribution in [2.45, 2.75) is 13.0 Å². The van der Waals surface area contributed by atoms with Crippen LogP contribution in [0.25, 0.3) is 0 Å². The van der Waals surface area contributed by atoms with E-state index in [4.69, 9.17) is 4.74 Å². The molecule has 0 radical (unpaired) electrons. The lowest BCUT2D eigenvalue weighted by Gasteiger charge is -2.08. The standard InChI is InChI=1S/C10H11BrN2O3/c11-8-3-12-6-13(10(8)15)4-9(14)7-1-2-16-5-7/h3,6-7H,1-2,4-5H2. The van der Waals surface area contributed by atoms with Crippen LogP contribution >= 0.6 is 15.9 Å². The van der Waals surface area contributed by atoms with E-state index in [1.807, 2.05) is 0 Å². The molecule has 2 heterocycles. The van der Waals surface area contributed by atoms with Crippen LogP contribution < -0.4 is 5.56 Å². The SMILES string of the molecule is O=C(Cn1cncc(Br)c1=O)C1CCOC1. The summed E-state index contributed by atoms with van der Waals surface area (Å²) in [5.41, 5.74) is -0.234. The molecule has 0 amide bonds. The number of nitrogens with zero attached hydrogens (tertiary/aromatic N) is 2. The number of hydrogen-bond acceptors (Lipinski definition) is 4. The summed E-state index contributed by atoms with van der Waals surface area (Å²) in [6, 6.07) is 0. The van der Waals surface area contributed by atoms with Crippen molar-refractivity contribution in [2.24, 2.45) is 5.92 Å². The minimum atomic E-state index is -0.234. The largest absolute Gasteiger partial charge is 0.381 e. The van der Waals surface area contributed by atoms with Gasteiger partial charge in [0.25, 0.3) is 5.56 Å². The van der Waals surface area contributed by atoms with Gasteiger partial charge in [0.05, 0.1) is 19.5 Å². The molecule has 1 aliphatic rings. The zero-order valence-electron chi connectivity index (χ0n) is 8.56. The Balaban J connectivity index is 2.11. The van der Waals surface area contributed by atoms with Gasteiger partial charge in [-0.05, 0) is 22.4 Å². The number of ketones is 1. The normalized spacial score (nSPS) is 19.9. The molecule has 0 saturated carbocycles. The van der Waals surface area contributed by atoms with Crippen LogP contribution in [0.2, 0.25) is 0 Å². The van der Waals surface area contributed by atoms with Crippen LogP contribution in [0.4, 0.5) is 0 Å². The van der Waals surface area contributed by atoms with Crippen LogP contribution in [-0.4, -0.2) is 28.5 Å². The number of Topliss-reactive ketones (excluding diaryl/α,β-unsaturated/α-hetero) is 1. The third-order valence-electron chi connectivity index (χ3n) is 2.57. The van der Waals surface area contributed by atoms with E-state index in [2.05, 4.69) is 20.9 Å². The van der Waals surface area contributed by atoms with E-state index in [-0.39, 0.29) is 23.8 Å². The summed E-state index contributed by atoms with van der Waals surface area (Å²) in [4.78, 5) is 27.3. The summed E-state index contributed by atoms with van der Waals surface area (Å²) in [6.45, 7) is 1.16. The minimum Gasteiger partial charge on any atom is -0.381 e. The van der Waals surface area contributed by atoms with Gasteiger partial charge in [-0.15, -0.1) is 0 Å². The Morgan fingerprint density at radius 3 is 3.19 bits per heavy atom. The lowest BCUT2D eigenvalue weighted by atomic mass is 10.0. The molecule has 0 N–H and O–H groups in total. The van der Waals surface area contributed by atoms with Gasteiger partial charge in [0, 0.05) is 18.7 Å². The highest BCUT2D eigenvalue weighted by Gasteiger charge is 2.23. The van der Waals surface area contributed by atoms with E-state index < -0.39 is 0 Å². The molecule has 16 heavy (non-hydrogen) atoms. The van der Waals surface area contributed by atoms with Crippen molar-refractivity contribution in [3.05, 3.63) is 27.4 Å². The van der Waals surface area contributed by atoms with Gasteiger partial charge in [0.2, 0.25) is 0 Å². The number of halogens is 1. The highest BCUT2D eigenvalue weighted by atomic mass is 79.9. The number of carbonyl (C=O) groups excluding carboxylic acids is 1. The zero-order chi connectivity index (χ0) is 11.5. The van der Waals surface area contributed by atoms with Gasteiger partial charge >= 0.3 is 0 Å². The van der Waals surface area contributed by atoms with Gasteiger partial charge in [0.15, 0.2) is 5.78 Å². The molecule has 86 valence electrons. The van der Waals surface area contributed by atoms with Crippen LogP contribution in [0.15, 0.2) is 21.8 Å². The average Bonchev–Trinajstić information content (AvgIpc) is 2.78. The number of ether oxygens (including phenoxy) is 1. The highest BCUT2D eigenvalue weighted by Crippen LogP contribution is 2.13. The van der Waals surface area contributed by atoms with Crippen LogP contribution in [0, 0.1) is 5.92 Å². The number of rotatable bonds is 3.